The van der Waals surface area contributed by atoms with Crippen molar-refractivity contribution in [3.8, 4) is 11.5 Å². The van der Waals surface area contributed by atoms with Crippen molar-refractivity contribution in [2.24, 2.45) is 0 Å². The minimum absolute atomic E-state index is 0.0945. The predicted molar refractivity (Wildman–Crippen MR) is 60.2 cm³/mol. The fourth-order valence-corrected chi connectivity index (χ4v) is 1.47. The first-order chi connectivity index (χ1) is 7.60. The van der Waals surface area contributed by atoms with Gasteiger partial charge in [-0.15, -0.1) is 0 Å². The van der Waals surface area contributed by atoms with Gasteiger partial charge < -0.3 is 14.2 Å². The second-order valence-corrected chi connectivity index (χ2v) is 3.45. The Kier molecular flexibility index (Phi) is 4.31. The Bertz CT molecular complexity index is 385. The van der Waals surface area contributed by atoms with Crippen LogP contribution in [0.4, 0.5) is 0 Å². The number of methoxy groups -OCH3 is 2. The monoisotopic (exact) mass is 224 g/mol. The Hall–Kier alpha value is -1.55. The Morgan fingerprint density at radius 3 is 2.38 bits per heavy atom. The molecule has 1 aromatic rings. The minimum atomic E-state index is -0.0945. The number of ketones is 1. The number of aryl methyl sites for hydroxylation is 1. The summed E-state index contributed by atoms with van der Waals surface area (Å²) in [6.45, 7) is 3.49. The third-order valence-electron chi connectivity index (χ3n) is 2.11. The van der Waals surface area contributed by atoms with Crippen molar-refractivity contribution in [1.82, 2.24) is 0 Å². The first kappa shape index (κ1) is 12.5. The van der Waals surface area contributed by atoms with Gasteiger partial charge in [0.05, 0.1) is 7.11 Å². The highest BCUT2D eigenvalue weighted by atomic mass is 16.7. The number of hydrogen-bond acceptors (Lipinski definition) is 4. The van der Waals surface area contributed by atoms with Crippen LogP contribution in [-0.2, 0) is 4.74 Å². The quantitative estimate of drug-likeness (QED) is 0.568. The van der Waals surface area contributed by atoms with Gasteiger partial charge in [-0.2, -0.15) is 0 Å². The Morgan fingerprint density at radius 1 is 1.25 bits per heavy atom. The third-order valence-corrected chi connectivity index (χ3v) is 2.11. The SMILES string of the molecule is COCOc1cc(C)cc(OC)c1C(C)=O. The van der Waals surface area contributed by atoms with Crippen LogP contribution in [0.2, 0.25) is 0 Å². The van der Waals surface area contributed by atoms with Crippen LogP contribution < -0.4 is 9.47 Å². The highest BCUT2D eigenvalue weighted by Gasteiger charge is 2.15. The van der Waals surface area contributed by atoms with Crippen LogP contribution >= 0.6 is 0 Å². The summed E-state index contributed by atoms with van der Waals surface area (Å²) >= 11 is 0. The van der Waals surface area contributed by atoms with Gasteiger partial charge in [-0.3, -0.25) is 4.79 Å². The Morgan fingerprint density at radius 2 is 1.88 bits per heavy atom. The van der Waals surface area contributed by atoms with E-state index in [0.29, 0.717) is 17.1 Å². The van der Waals surface area contributed by atoms with Crippen molar-refractivity contribution < 1.29 is 19.0 Å². The number of hydrogen-bond donors (Lipinski definition) is 0. The summed E-state index contributed by atoms with van der Waals surface area (Å²) in [5.74, 6) is 0.924. The number of carbonyl (C=O) groups excluding carboxylic acids is 1. The second kappa shape index (κ2) is 5.51. The van der Waals surface area contributed by atoms with E-state index in [1.807, 2.05) is 6.92 Å². The summed E-state index contributed by atoms with van der Waals surface area (Å²) in [7, 11) is 3.06. The highest BCUT2D eigenvalue weighted by Crippen LogP contribution is 2.30. The maximum atomic E-state index is 11.5. The zero-order valence-corrected chi connectivity index (χ0v) is 9.99. The predicted octanol–water partition coefficient (Wildman–Crippen LogP) is 2.19. The molecule has 0 spiro atoms. The van der Waals surface area contributed by atoms with E-state index in [9.17, 15) is 4.79 Å². The molecule has 1 aromatic carbocycles. The summed E-state index contributed by atoms with van der Waals surface area (Å²) < 4.78 is 15.3. The molecule has 4 heteroatoms. The molecule has 0 saturated carbocycles. The molecule has 0 aliphatic rings. The zero-order valence-electron chi connectivity index (χ0n) is 9.99. The van der Waals surface area contributed by atoms with Crippen LogP contribution in [0.25, 0.3) is 0 Å². The van der Waals surface area contributed by atoms with Crippen LogP contribution in [-0.4, -0.2) is 26.8 Å². The van der Waals surface area contributed by atoms with Crippen molar-refractivity contribution in [2.75, 3.05) is 21.0 Å². The average Bonchev–Trinajstić information content (AvgIpc) is 2.24. The lowest BCUT2D eigenvalue weighted by atomic mass is 10.1. The first-order valence-corrected chi connectivity index (χ1v) is 4.91. The molecule has 0 heterocycles. The summed E-state index contributed by atoms with van der Waals surface area (Å²) in [6, 6.07) is 3.59. The van der Waals surface area contributed by atoms with Gasteiger partial charge in [0.25, 0.3) is 0 Å². The lowest BCUT2D eigenvalue weighted by molar-refractivity contribution is 0.0500. The summed E-state index contributed by atoms with van der Waals surface area (Å²) in [6.07, 6.45) is 0. The molecule has 0 radical (unpaired) electrons. The van der Waals surface area contributed by atoms with E-state index in [1.54, 1.807) is 12.1 Å². The zero-order chi connectivity index (χ0) is 12.1. The smallest absolute Gasteiger partial charge is 0.188 e. The van der Waals surface area contributed by atoms with E-state index in [-0.39, 0.29) is 12.6 Å². The molecule has 0 N–H and O–H groups in total. The summed E-state index contributed by atoms with van der Waals surface area (Å²) in [5.41, 5.74) is 1.41. The van der Waals surface area contributed by atoms with Crippen molar-refractivity contribution in [2.45, 2.75) is 13.8 Å². The van der Waals surface area contributed by atoms with Gasteiger partial charge in [-0.25, -0.2) is 0 Å². The molecule has 0 aliphatic carbocycles. The molecule has 0 aliphatic heterocycles. The van der Waals surface area contributed by atoms with Crippen LogP contribution in [0.5, 0.6) is 11.5 Å². The Labute approximate surface area is 95.1 Å². The summed E-state index contributed by atoms with van der Waals surface area (Å²) in [5, 5.41) is 0. The number of carbonyl (C=O) groups is 1. The molecule has 0 fully saturated rings. The van der Waals surface area contributed by atoms with Gasteiger partial charge in [0.15, 0.2) is 12.6 Å². The van der Waals surface area contributed by atoms with Crippen LogP contribution in [0.15, 0.2) is 12.1 Å². The van der Waals surface area contributed by atoms with Crippen molar-refractivity contribution in [1.29, 1.82) is 0 Å². The van der Waals surface area contributed by atoms with Crippen LogP contribution in [0.1, 0.15) is 22.8 Å². The molecule has 0 saturated heterocycles. The van der Waals surface area contributed by atoms with E-state index in [4.69, 9.17) is 14.2 Å². The van der Waals surface area contributed by atoms with E-state index >= 15 is 0 Å². The fourth-order valence-electron chi connectivity index (χ4n) is 1.47. The molecule has 0 atom stereocenters. The molecule has 4 nitrogen and oxygen atoms in total. The first-order valence-electron chi connectivity index (χ1n) is 4.91. The molecule has 0 bridgehead atoms. The second-order valence-electron chi connectivity index (χ2n) is 3.45. The van der Waals surface area contributed by atoms with Gasteiger partial charge in [0.2, 0.25) is 0 Å². The molecule has 0 amide bonds. The van der Waals surface area contributed by atoms with E-state index in [2.05, 4.69) is 0 Å². The maximum absolute atomic E-state index is 11.5. The van der Waals surface area contributed by atoms with Crippen molar-refractivity contribution in [3.05, 3.63) is 23.3 Å². The third kappa shape index (κ3) is 2.73. The Balaban J connectivity index is 3.21. The van der Waals surface area contributed by atoms with Gasteiger partial charge >= 0.3 is 0 Å². The topological polar surface area (TPSA) is 44.8 Å². The van der Waals surface area contributed by atoms with Crippen molar-refractivity contribution in [3.63, 3.8) is 0 Å². The molecule has 1 rings (SSSR count). The van der Waals surface area contributed by atoms with Crippen molar-refractivity contribution >= 4 is 5.78 Å². The lowest BCUT2D eigenvalue weighted by Gasteiger charge is -2.13. The fraction of sp³-hybridized carbons (Fsp3) is 0.417. The van der Waals surface area contributed by atoms with Gasteiger partial charge in [0, 0.05) is 7.11 Å². The maximum Gasteiger partial charge on any atom is 0.188 e. The molecular formula is C12H16O4. The van der Waals surface area contributed by atoms with Gasteiger partial charge in [-0.1, -0.05) is 0 Å². The van der Waals surface area contributed by atoms with Crippen LogP contribution in [0.3, 0.4) is 0 Å². The van der Waals surface area contributed by atoms with Gasteiger partial charge in [-0.05, 0) is 31.5 Å². The van der Waals surface area contributed by atoms with E-state index in [1.165, 1.54) is 21.1 Å². The number of benzene rings is 1. The molecule has 16 heavy (non-hydrogen) atoms. The number of rotatable bonds is 5. The molecule has 0 aromatic heterocycles. The highest BCUT2D eigenvalue weighted by molar-refractivity contribution is 5.99. The largest absolute Gasteiger partial charge is 0.496 e. The van der Waals surface area contributed by atoms with Crippen LogP contribution in [0, 0.1) is 6.92 Å². The van der Waals surface area contributed by atoms with Gasteiger partial charge in [0.1, 0.15) is 17.1 Å². The molecule has 0 unspecified atom stereocenters. The van der Waals surface area contributed by atoms with E-state index < -0.39 is 0 Å². The molecule has 88 valence electrons. The lowest BCUT2D eigenvalue weighted by Crippen LogP contribution is -2.06. The number of ether oxygens (including phenoxy) is 3. The average molecular weight is 224 g/mol. The molecular weight excluding hydrogens is 208 g/mol. The van der Waals surface area contributed by atoms with E-state index in [0.717, 1.165) is 5.56 Å². The standard InChI is InChI=1S/C12H16O4/c1-8-5-10(15-4)12(9(2)13)11(6-8)16-7-14-3/h5-6H,7H2,1-4H3. The number of Topliss-reactive ketones (excluding diaryl/α,β-unsaturated/α-hetero) is 1. The normalized spacial score (nSPS) is 10.0. The summed E-state index contributed by atoms with van der Waals surface area (Å²) in [4.78, 5) is 11.5. The minimum Gasteiger partial charge on any atom is -0.496 e.